The fraction of sp³-hybridized carbons (Fsp3) is 0.588. The minimum Gasteiger partial charge on any atom is -0.497 e. The van der Waals surface area contributed by atoms with Gasteiger partial charge in [0.2, 0.25) is 0 Å². The lowest BCUT2D eigenvalue weighted by Crippen LogP contribution is -2.43. The van der Waals surface area contributed by atoms with E-state index in [1.807, 2.05) is 32.9 Å². The highest BCUT2D eigenvalue weighted by molar-refractivity contribution is 5.75. The predicted octanol–water partition coefficient (Wildman–Crippen LogP) is 2.73. The largest absolute Gasteiger partial charge is 0.497 e. The fourth-order valence-electron chi connectivity index (χ4n) is 2.50. The van der Waals surface area contributed by atoms with Gasteiger partial charge in [-0.05, 0) is 51.4 Å². The molecule has 1 aliphatic heterocycles. The number of ether oxygens (including phenoxy) is 2. The van der Waals surface area contributed by atoms with Crippen molar-refractivity contribution < 1.29 is 14.3 Å². The molecule has 1 N–H and O–H groups in total. The first-order chi connectivity index (χ1) is 9.91. The molecule has 0 aliphatic carbocycles. The van der Waals surface area contributed by atoms with Crippen LogP contribution in [0.3, 0.4) is 0 Å². The molecule has 0 saturated carbocycles. The first-order valence-electron chi connectivity index (χ1n) is 7.47. The number of esters is 1. The highest BCUT2D eigenvalue weighted by Crippen LogP contribution is 2.30. The molecular weight excluding hydrogens is 266 g/mol. The summed E-state index contributed by atoms with van der Waals surface area (Å²) in [6.07, 6.45) is 0.855. The molecular formula is C17H25NO3. The number of carbonyl (C=O) groups excluding carboxylic acids is 1. The molecule has 4 nitrogen and oxygen atoms in total. The van der Waals surface area contributed by atoms with Crippen molar-refractivity contribution in [3.8, 4) is 5.75 Å². The van der Waals surface area contributed by atoms with Gasteiger partial charge in [-0.1, -0.05) is 12.1 Å². The van der Waals surface area contributed by atoms with Crippen LogP contribution in [0.5, 0.6) is 5.75 Å². The van der Waals surface area contributed by atoms with E-state index in [4.69, 9.17) is 9.47 Å². The average molecular weight is 291 g/mol. The number of rotatable bonds is 3. The molecule has 1 fully saturated rings. The van der Waals surface area contributed by atoms with E-state index in [-0.39, 0.29) is 18.0 Å². The number of nitrogens with one attached hydrogen (secondary N) is 1. The van der Waals surface area contributed by atoms with E-state index < -0.39 is 5.41 Å². The molecule has 116 valence electrons. The van der Waals surface area contributed by atoms with E-state index in [1.54, 1.807) is 7.11 Å². The normalized spacial score (nSPS) is 22.7. The van der Waals surface area contributed by atoms with Crippen molar-refractivity contribution in [1.29, 1.82) is 0 Å². The Balaban J connectivity index is 2.12. The smallest absolute Gasteiger partial charge is 0.311 e. The summed E-state index contributed by atoms with van der Waals surface area (Å²) in [6.45, 7) is 7.30. The van der Waals surface area contributed by atoms with Crippen LogP contribution in [-0.4, -0.2) is 32.3 Å². The molecule has 21 heavy (non-hydrogen) atoms. The SMILES string of the molecule is COc1ccc([C@H]2CCNC[C@@H]2OC(=O)C(C)(C)C)cc1. The maximum Gasteiger partial charge on any atom is 0.311 e. The van der Waals surface area contributed by atoms with Crippen LogP contribution in [0.2, 0.25) is 0 Å². The number of hydrogen-bond acceptors (Lipinski definition) is 4. The monoisotopic (exact) mass is 291 g/mol. The van der Waals surface area contributed by atoms with Gasteiger partial charge in [0.25, 0.3) is 0 Å². The molecule has 0 aromatic heterocycles. The Morgan fingerprint density at radius 2 is 1.90 bits per heavy atom. The van der Waals surface area contributed by atoms with Gasteiger partial charge in [-0.25, -0.2) is 0 Å². The lowest BCUT2D eigenvalue weighted by Gasteiger charge is -2.33. The molecule has 1 aliphatic rings. The number of hydrogen-bond donors (Lipinski definition) is 1. The number of piperidine rings is 1. The minimum absolute atomic E-state index is 0.112. The van der Waals surface area contributed by atoms with Crippen LogP contribution in [0.15, 0.2) is 24.3 Å². The van der Waals surface area contributed by atoms with E-state index in [0.717, 1.165) is 18.7 Å². The highest BCUT2D eigenvalue weighted by atomic mass is 16.5. The summed E-state index contributed by atoms with van der Waals surface area (Å²) >= 11 is 0. The topological polar surface area (TPSA) is 47.6 Å². The lowest BCUT2D eigenvalue weighted by atomic mass is 9.87. The third-order valence-electron chi connectivity index (χ3n) is 3.84. The zero-order valence-corrected chi connectivity index (χ0v) is 13.3. The van der Waals surface area contributed by atoms with Crippen molar-refractivity contribution in [2.24, 2.45) is 5.41 Å². The molecule has 0 spiro atoms. The van der Waals surface area contributed by atoms with Crippen LogP contribution < -0.4 is 10.1 Å². The van der Waals surface area contributed by atoms with Gasteiger partial charge < -0.3 is 14.8 Å². The maximum atomic E-state index is 12.1. The molecule has 1 heterocycles. The van der Waals surface area contributed by atoms with E-state index in [0.29, 0.717) is 6.54 Å². The summed E-state index contributed by atoms with van der Waals surface area (Å²) in [5, 5.41) is 3.31. The van der Waals surface area contributed by atoms with Crippen LogP contribution in [0.25, 0.3) is 0 Å². The maximum absolute atomic E-state index is 12.1. The molecule has 4 heteroatoms. The molecule has 0 amide bonds. The van der Waals surface area contributed by atoms with E-state index in [2.05, 4.69) is 17.4 Å². The predicted molar refractivity (Wildman–Crippen MR) is 82.6 cm³/mol. The fourth-order valence-corrected chi connectivity index (χ4v) is 2.50. The number of benzene rings is 1. The Bertz CT molecular complexity index is 476. The van der Waals surface area contributed by atoms with Crippen LogP contribution in [-0.2, 0) is 9.53 Å². The lowest BCUT2D eigenvalue weighted by molar-refractivity contribution is -0.160. The molecule has 1 aromatic carbocycles. The molecule has 0 unspecified atom stereocenters. The summed E-state index contributed by atoms with van der Waals surface area (Å²) in [4.78, 5) is 12.1. The van der Waals surface area contributed by atoms with Gasteiger partial charge in [0.15, 0.2) is 0 Å². The van der Waals surface area contributed by atoms with Crippen LogP contribution in [0.1, 0.15) is 38.7 Å². The third kappa shape index (κ3) is 3.97. The molecule has 2 rings (SSSR count). The Morgan fingerprint density at radius 1 is 1.24 bits per heavy atom. The summed E-state index contributed by atoms with van der Waals surface area (Å²) in [6, 6.07) is 8.04. The highest BCUT2D eigenvalue weighted by Gasteiger charge is 2.33. The van der Waals surface area contributed by atoms with Crippen LogP contribution >= 0.6 is 0 Å². The van der Waals surface area contributed by atoms with Crippen LogP contribution in [0.4, 0.5) is 0 Å². The Hall–Kier alpha value is -1.55. The first-order valence-corrected chi connectivity index (χ1v) is 7.47. The van der Waals surface area contributed by atoms with Gasteiger partial charge in [0, 0.05) is 12.5 Å². The second-order valence-electron chi connectivity index (χ2n) is 6.57. The summed E-state index contributed by atoms with van der Waals surface area (Å²) in [5.41, 5.74) is 0.728. The quantitative estimate of drug-likeness (QED) is 0.870. The molecule has 1 aromatic rings. The first kappa shape index (κ1) is 15.8. The minimum atomic E-state index is -0.470. The third-order valence-corrected chi connectivity index (χ3v) is 3.84. The summed E-state index contributed by atoms with van der Waals surface area (Å²) in [5.74, 6) is 0.939. The van der Waals surface area contributed by atoms with Gasteiger partial charge in [0.05, 0.1) is 12.5 Å². The zero-order chi connectivity index (χ0) is 15.5. The van der Waals surface area contributed by atoms with Crippen molar-refractivity contribution in [3.05, 3.63) is 29.8 Å². The zero-order valence-electron chi connectivity index (χ0n) is 13.3. The van der Waals surface area contributed by atoms with Gasteiger partial charge in [-0.15, -0.1) is 0 Å². The van der Waals surface area contributed by atoms with Gasteiger partial charge in [0.1, 0.15) is 11.9 Å². The Morgan fingerprint density at radius 3 is 2.48 bits per heavy atom. The van der Waals surface area contributed by atoms with Crippen molar-refractivity contribution in [1.82, 2.24) is 5.32 Å². The van der Waals surface area contributed by atoms with Crippen molar-refractivity contribution in [2.45, 2.75) is 39.2 Å². The van der Waals surface area contributed by atoms with Crippen molar-refractivity contribution in [2.75, 3.05) is 20.2 Å². The second kappa shape index (κ2) is 6.48. The van der Waals surface area contributed by atoms with E-state index in [9.17, 15) is 4.79 Å². The molecule has 2 atom stereocenters. The Kier molecular flexibility index (Phi) is 4.88. The molecule has 0 bridgehead atoms. The van der Waals surface area contributed by atoms with E-state index in [1.165, 1.54) is 5.56 Å². The van der Waals surface area contributed by atoms with Gasteiger partial charge in [-0.3, -0.25) is 4.79 Å². The standard InChI is InChI=1S/C17H25NO3/c1-17(2,3)16(19)21-15-11-18-10-9-14(15)12-5-7-13(20-4)8-6-12/h5-8,14-15,18H,9-11H2,1-4H3/t14-,15+/m1/s1. The van der Waals surface area contributed by atoms with Gasteiger partial charge >= 0.3 is 5.97 Å². The number of carbonyl (C=O) groups is 1. The van der Waals surface area contributed by atoms with Crippen LogP contribution in [0, 0.1) is 5.41 Å². The Labute approximate surface area is 126 Å². The summed E-state index contributed by atoms with van der Waals surface area (Å²) in [7, 11) is 1.66. The van der Waals surface area contributed by atoms with Crippen molar-refractivity contribution >= 4 is 5.97 Å². The number of methoxy groups -OCH3 is 1. The average Bonchev–Trinajstić information content (AvgIpc) is 2.47. The summed E-state index contributed by atoms with van der Waals surface area (Å²) < 4.78 is 10.9. The molecule has 1 saturated heterocycles. The van der Waals surface area contributed by atoms with Gasteiger partial charge in [-0.2, -0.15) is 0 Å². The molecule has 0 radical (unpaired) electrons. The van der Waals surface area contributed by atoms with Crippen molar-refractivity contribution in [3.63, 3.8) is 0 Å². The second-order valence-corrected chi connectivity index (χ2v) is 6.57. The van der Waals surface area contributed by atoms with E-state index >= 15 is 0 Å².